The molecule has 9 heteroatoms. The maximum absolute atomic E-state index is 12.7. The van der Waals surface area contributed by atoms with Crippen molar-refractivity contribution >= 4 is 37.8 Å². The molecule has 0 aliphatic carbocycles. The van der Waals surface area contributed by atoms with Crippen LogP contribution in [-0.4, -0.2) is 28.8 Å². The monoisotopic (exact) mass is 350 g/mol. The lowest BCUT2D eigenvalue weighted by atomic mass is 10.1. The van der Waals surface area contributed by atoms with E-state index in [4.69, 9.17) is 0 Å². The van der Waals surface area contributed by atoms with Gasteiger partial charge < -0.3 is 0 Å². The number of hydrogen-bond donors (Lipinski definition) is 1. The highest BCUT2D eigenvalue weighted by Gasteiger charge is 2.25. The van der Waals surface area contributed by atoms with Crippen LogP contribution in [0.2, 0.25) is 0 Å². The first-order chi connectivity index (χ1) is 10.8. The van der Waals surface area contributed by atoms with Gasteiger partial charge in [-0.1, -0.05) is 11.3 Å². The second kappa shape index (κ2) is 5.43. The van der Waals surface area contributed by atoms with E-state index < -0.39 is 10.0 Å². The van der Waals surface area contributed by atoms with E-state index in [-0.39, 0.29) is 10.8 Å². The third kappa shape index (κ3) is 2.84. The molecule has 0 aliphatic heterocycles. The number of carbonyl (C=O) groups excluding carboxylic acids is 1. The average molecular weight is 350 g/mol. The van der Waals surface area contributed by atoms with Crippen molar-refractivity contribution < 1.29 is 13.2 Å². The highest BCUT2D eigenvalue weighted by Crippen LogP contribution is 2.24. The number of carbonyl (C=O) groups is 1. The van der Waals surface area contributed by atoms with Gasteiger partial charge in [-0.3, -0.25) is 9.52 Å². The molecule has 0 saturated heterocycles. The van der Waals surface area contributed by atoms with Crippen LogP contribution in [0.1, 0.15) is 28.0 Å². The van der Waals surface area contributed by atoms with Crippen LogP contribution in [-0.2, 0) is 10.0 Å². The van der Waals surface area contributed by atoms with Gasteiger partial charge in [-0.25, -0.2) is 4.98 Å². The average Bonchev–Trinajstić information content (AvgIpc) is 2.92. The van der Waals surface area contributed by atoms with Gasteiger partial charge >= 0.3 is 0 Å². The molecule has 23 heavy (non-hydrogen) atoms. The van der Waals surface area contributed by atoms with Crippen LogP contribution >= 0.6 is 11.3 Å². The lowest BCUT2D eigenvalue weighted by Crippen LogP contribution is -2.16. The molecule has 3 aromatic rings. The number of rotatable bonds is 4. The minimum Gasteiger partial charge on any atom is -0.295 e. The first-order valence-electron chi connectivity index (χ1n) is 6.74. The van der Waals surface area contributed by atoms with Crippen molar-refractivity contribution in [2.75, 3.05) is 4.72 Å². The van der Waals surface area contributed by atoms with E-state index >= 15 is 0 Å². The third-order valence-corrected chi connectivity index (χ3v) is 5.53. The van der Waals surface area contributed by atoms with Gasteiger partial charge in [0.05, 0.1) is 5.69 Å². The maximum Gasteiger partial charge on any atom is 0.281 e. The highest BCUT2D eigenvalue weighted by molar-refractivity contribution is 7.92. The summed E-state index contributed by atoms with van der Waals surface area (Å²) >= 11 is 1.33. The van der Waals surface area contributed by atoms with E-state index in [0.29, 0.717) is 21.9 Å². The Morgan fingerprint density at radius 1 is 1.22 bits per heavy atom. The fourth-order valence-corrected chi connectivity index (χ4v) is 4.39. The largest absolute Gasteiger partial charge is 0.295 e. The Bertz CT molecular complexity index is 1000. The maximum atomic E-state index is 12.7. The number of sulfonamides is 1. The topological polar surface area (TPSA) is 93.4 Å². The van der Waals surface area contributed by atoms with Crippen LogP contribution in [0, 0.1) is 13.8 Å². The molecular formula is C14H14N4O3S2. The van der Waals surface area contributed by atoms with E-state index in [9.17, 15) is 13.2 Å². The van der Waals surface area contributed by atoms with E-state index in [2.05, 4.69) is 14.8 Å². The molecule has 0 saturated carbocycles. The van der Waals surface area contributed by atoms with Gasteiger partial charge in [-0.15, -0.1) is 0 Å². The number of nitrogens with zero attached hydrogens (tertiary/aromatic N) is 3. The van der Waals surface area contributed by atoms with Gasteiger partial charge in [0, 0.05) is 11.3 Å². The number of imidazole rings is 1. The molecule has 0 atom stereocenters. The van der Waals surface area contributed by atoms with Crippen LogP contribution in [0.25, 0.3) is 4.96 Å². The summed E-state index contributed by atoms with van der Waals surface area (Å²) in [6.45, 7) is 4.87. The predicted molar refractivity (Wildman–Crippen MR) is 87.6 cm³/mol. The van der Waals surface area contributed by atoms with Crippen LogP contribution in [0.5, 0.6) is 0 Å². The number of ketones is 1. The number of nitrogens with one attached hydrogen (secondary N) is 1. The second-order valence-electron chi connectivity index (χ2n) is 5.06. The van der Waals surface area contributed by atoms with Crippen LogP contribution in [0.15, 0.2) is 29.3 Å². The molecule has 7 nitrogen and oxygen atoms in total. The summed E-state index contributed by atoms with van der Waals surface area (Å²) in [7, 11) is -3.84. The fourth-order valence-electron chi connectivity index (χ4n) is 2.21. The molecule has 0 aliphatic rings. The summed E-state index contributed by atoms with van der Waals surface area (Å²) in [5, 5.41) is 4.94. The number of benzene rings is 1. The van der Waals surface area contributed by atoms with Crippen molar-refractivity contribution in [2.24, 2.45) is 0 Å². The Morgan fingerprint density at radius 3 is 2.48 bits per heavy atom. The SMILES string of the molecule is CC(=O)c1ccc(NS(=O)(=O)c2c(C)nc3sc(C)nn23)cc1. The van der Waals surface area contributed by atoms with Gasteiger partial charge in [-0.2, -0.15) is 18.0 Å². The zero-order valence-electron chi connectivity index (χ0n) is 12.7. The Labute approximate surface area is 137 Å². The lowest BCUT2D eigenvalue weighted by Gasteiger charge is -2.08. The first kappa shape index (κ1) is 15.6. The highest BCUT2D eigenvalue weighted by atomic mass is 32.2. The van der Waals surface area contributed by atoms with Crippen molar-refractivity contribution in [3.05, 3.63) is 40.5 Å². The number of fused-ring (bicyclic) bond motifs is 1. The van der Waals surface area contributed by atoms with E-state index in [1.165, 1.54) is 22.8 Å². The lowest BCUT2D eigenvalue weighted by molar-refractivity contribution is 0.101. The quantitative estimate of drug-likeness (QED) is 0.729. The molecule has 0 fully saturated rings. The van der Waals surface area contributed by atoms with E-state index in [0.717, 1.165) is 5.01 Å². The van der Waals surface area contributed by atoms with Gasteiger partial charge in [-0.05, 0) is 45.0 Å². The van der Waals surface area contributed by atoms with Crippen LogP contribution in [0.3, 0.4) is 0 Å². The van der Waals surface area contributed by atoms with Crippen molar-refractivity contribution in [2.45, 2.75) is 25.8 Å². The molecule has 120 valence electrons. The smallest absolute Gasteiger partial charge is 0.281 e. The molecule has 0 amide bonds. The number of aryl methyl sites for hydroxylation is 2. The van der Waals surface area contributed by atoms with Crippen LogP contribution in [0.4, 0.5) is 5.69 Å². The summed E-state index contributed by atoms with van der Waals surface area (Å²) in [6, 6.07) is 6.25. The molecule has 2 heterocycles. The third-order valence-electron chi connectivity index (χ3n) is 3.22. The summed E-state index contributed by atoms with van der Waals surface area (Å²) < 4.78 is 29.1. The number of Topliss-reactive ketones (excluding diaryl/α,β-unsaturated/α-hetero) is 1. The van der Waals surface area contributed by atoms with Gasteiger partial charge in [0.2, 0.25) is 9.99 Å². The standard InChI is InChI=1S/C14H14N4O3S2/c1-8-13(18-14(15-8)22-10(3)16-18)23(20,21)17-12-6-4-11(5-7-12)9(2)19/h4-7,17H,1-3H3. The molecule has 3 rings (SSSR count). The number of aromatic nitrogens is 3. The van der Waals surface area contributed by atoms with Gasteiger partial charge in [0.25, 0.3) is 10.0 Å². The predicted octanol–water partition coefficient (Wildman–Crippen LogP) is 2.41. The van der Waals surface area contributed by atoms with Gasteiger partial charge in [0.1, 0.15) is 5.01 Å². The normalized spacial score (nSPS) is 11.8. The fraction of sp³-hybridized carbons (Fsp3) is 0.214. The molecule has 0 radical (unpaired) electrons. The number of anilines is 1. The minimum atomic E-state index is -3.84. The Morgan fingerprint density at radius 2 is 1.87 bits per heavy atom. The molecule has 0 spiro atoms. The van der Waals surface area contributed by atoms with E-state index in [1.807, 2.05) is 0 Å². The molecule has 0 unspecified atom stereocenters. The van der Waals surface area contributed by atoms with Gasteiger partial charge in [0.15, 0.2) is 5.78 Å². The summed E-state index contributed by atoms with van der Waals surface area (Å²) in [5.41, 5.74) is 1.28. The first-order valence-corrected chi connectivity index (χ1v) is 9.04. The van der Waals surface area contributed by atoms with Crippen molar-refractivity contribution in [1.82, 2.24) is 14.6 Å². The zero-order chi connectivity index (χ0) is 16.8. The summed E-state index contributed by atoms with van der Waals surface area (Å²) in [5.74, 6) is -0.0781. The Hall–Kier alpha value is -2.26. The molecular weight excluding hydrogens is 336 g/mol. The Kier molecular flexibility index (Phi) is 3.69. The zero-order valence-corrected chi connectivity index (χ0v) is 14.3. The van der Waals surface area contributed by atoms with Crippen molar-refractivity contribution in [3.63, 3.8) is 0 Å². The summed E-state index contributed by atoms with van der Waals surface area (Å²) in [4.78, 5) is 16.0. The van der Waals surface area contributed by atoms with Crippen LogP contribution < -0.4 is 4.72 Å². The van der Waals surface area contributed by atoms with Crippen molar-refractivity contribution in [3.8, 4) is 0 Å². The number of hydrogen-bond acceptors (Lipinski definition) is 6. The molecule has 2 aromatic heterocycles. The second-order valence-corrected chi connectivity index (χ2v) is 7.81. The summed E-state index contributed by atoms with van der Waals surface area (Å²) in [6.07, 6.45) is 0. The molecule has 1 N–H and O–H groups in total. The minimum absolute atomic E-state index is 0.0208. The molecule has 0 bridgehead atoms. The van der Waals surface area contributed by atoms with Crippen molar-refractivity contribution in [1.29, 1.82) is 0 Å². The molecule has 1 aromatic carbocycles. The Balaban J connectivity index is 2.00. The van der Waals surface area contributed by atoms with E-state index in [1.54, 1.807) is 38.1 Å².